The van der Waals surface area contributed by atoms with Gasteiger partial charge >= 0.3 is 6.61 Å². The second kappa shape index (κ2) is 8.61. The predicted molar refractivity (Wildman–Crippen MR) is 115 cm³/mol. The lowest BCUT2D eigenvalue weighted by Crippen LogP contribution is -2.58. The molecule has 4 bridgehead atoms. The third kappa shape index (κ3) is 4.47. The van der Waals surface area contributed by atoms with Crippen LogP contribution in [0.15, 0.2) is 24.3 Å². The minimum atomic E-state index is -2.87. The quantitative estimate of drug-likeness (QED) is 0.724. The number of alkyl halides is 2. The fourth-order valence-corrected chi connectivity index (χ4v) is 6.94. The summed E-state index contributed by atoms with van der Waals surface area (Å²) >= 11 is 0. The van der Waals surface area contributed by atoms with Crippen LogP contribution in [0, 0.1) is 23.2 Å². The zero-order valence-corrected chi connectivity index (χ0v) is 18.3. The molecule has 1 heterocycles. The first-order chi connectivity index (χ1) is 15.4. The molecular formula is C24H31F2N3O3. The van der Waals surface area contributed by atoms with Crippen LogP contribution < -0.4 is 10.1 Å². The lowest BCUT2D eigenvalue weighted by Gasteiger charge is -2.57. The van der Waals surface area contributed by atoms with Crippen molar-refractivity contribution in [1.82, 2.24) is 9.80 Å². The Morgan fingerprint density at radius 2 is 1.53 bits per heavy atom. The molecular weight excluding hydrogens is 416 g/mol. The van der Waals surface area contributed by atoms with Crippen molar-refractivity contribution in [1.29, 1.82) is 0 Å². The van der Waals surface area contributed by atoms with E-state index in [9.17, 15) is 18.4 Å². The molecule has 4 aliphatic carbocycles. The van der Waals surface area contributed by atoms with Crippen molar-refractivity contribution in [3.63, 3.8) is 0 Å². The van der Waals surface area contributed by atoms with Gasteiger partial charge in [-0.2, -0.15) is 8.78 Å². The Hall–Kier alpha value is -2.22. The SMILES string of the molecule is O=C(CN1CCN(C(=O)C23CC4CC(CC(C4)C2)C3)CC1)Nc1ccc(OC(F)F)cc1. The van der Waals surface area contributed by atoms with E-state index in [4.69, 9.17) is 0 Å². The normalized spacial score (nSPS) is 31.7. The molecule has 1 N–H and O–H groups in total. The number of benzene rings is 1. The molecule has 4 saturated carbocycles. The first-order valence-corrected chi connectivity index (χ1v) is 11.7. The van der Waals surface area contributed by atoms with Gasteiger partial charge in [0.15, 0.2) is 0 Å². The van der Waals surface area contributed by atoms with Crippen LogP contribution in [0.2, 0.25) is 0 Å². The van der Waals surface area contributed by atoms with Gasteiger partial charge in [-0.05, 0) is 80.5 Å². The van der Waals surface area contributed by atoms with E-state index >= 15 is 0 Å². The van der Waals surface area contributed by atoms with Crippen LogP contribution >= 0.6 is 0 Å². The van der Waals surface area contributed by atoms with Crippen molar-refractivity contribution in [2.24, 2.45) is 23.2 Å². The minimum absolute atomic E-state index is 0.0535. The van der Waals surface area contributed by atoms with Gasteiger partial charge in [0, 0.05) is 31.9 Å². The summed E-state index contributed by atoms with van der Waals surface area (Å²) in [6, 6.07) is 5.88. The zero-order valence-electron chi connectivity index (χ0n) is 18.3. The second-order valence-electron chi connectivity index (χ2n) is 10.2. The number of nitrogens with one attached hydrogen (secondary N) is 1. The first-order valence-electron chi connectivity index (χ1n) is 11.7. The number of ether oxygens (including phenoxy) is 1. The number of carbonyl (C=O) groups excluding carboxylic acids is 2. The van der Waals surface area contributed by atoms with Gasteiger partial charge in [-0.25, -0.2) is 0 Å². The highest BCUT2D eigenvalue weighted by Gasteiger charge is 2.55. The van der Waals surface area contributed by atoms with Crippen LogP contribution in [0.5, 0.6) is 5.75 Å². The summed E-state index contributed by atoms with van der Waals surface area (Å²) in [7, 11) is 0. The first kappa shape index (κ1) is 21.6. The Morgan fingerprint density at radius 1 is 0.969 bits per heavy atom. The van der Waals surface area contributed by atoms with Crippen LogP contribution in [0.4, 0.5) is 14.5 Å². The highest BCUT2D eigenvalue weighted by Crippen LogP contribution is 2.60. The van der Waals surface area contributed by atoms with Crippen molar-refractivity contribution in [3.8, 4) is 5.75 Å². The van der Waals surface area contributed by atoms with E-state index in [2.05, 4.69) is 15.0 Å². The number of rotatable bonds is 6. The van der Waals surface area contributed by atoms with Gasteiger partial charge in [0.1, 0.15) is 5.75 Å². The van der Waals surface area contributed by atoms with Crippen molar-refractivity contribution in [2.45, 2.75) is 45.1 Å². The number of piperazine rings is 1. The molecule has 2 amide bonds. The molecule has 8 heteroatoms. The summed E-state index contributed by atoms with van der Waals surface area (Å²) in [5.41, 5.74) is 0.432. The Kier molecular flexibility index (Phi) is 5.82. The maximum Gasteiger partial charge on any atom is 0.387 e. The summed E-state index contributed by atoms with van der Waals surface area (Å²) < 4.78 is 28.8. The summed E-state index contributed by atoms with van der Waals surface area (Å²) in [4.78, 5) is 30.0. The standard InChI is InChI=1S/C24H31F2N3O3/c25-23(26)32-20-3-1-19(2-4-20)27-21(30)15-28-5-7-29(8-6-28)22(31)24-12-16-9-17(13-24)11-18(10-16)14-24/h1-4,16-18,23H,5-15H2,(H,27,30). The van der Waals surface area contributed by atoms with Crippen LogP contribution in [-0.2, 0) is 9.59 Å². The average molecular weight is 448 g/mol. The van der Waals surface area contributed by atoms with E-state index < -0.39 is 6.61 Å². The Balaban J connectivity index is 1.10. The highest BCUT2D eigenvalue weighted by molar-refractivity contribution is 5.92. The van der Waals surface area contributed by atoms with Crippen LogP contribution in [0.25, 0.3) is 0 Å². The lowest BCUT2D eigenvalue weighted by molar-refractivity contribution is -0.159. The number of nitrogens with zero attached hydrogens (tertiary/aromatic N) is 2. The molecule has 0 radical (unpaired) electrons. The zero-order chi connectivity index (χ0) is 22.3. The van der Waals surface area contributed by atoms with Crippen molar-refractivity contribution in [3.05, 3.63) is 24.3 Å². The van der Waals surface area contributed by atoms with E-state index in [1.54, 1.807) is 0 Å². The van der Waals surface area contributed by atoms with Gasteiger partial charge in [0.25, 0.3) is 0 Å². The molecule has 174 valence electrons. The molecule has 0 atom stereocenters. The molecule has 1 aromatic carbocycles. The largest absolute Gasteiger partial charge is 0.435 e. The number of carbonyl (C=O) groups is 2. The highest BCUT2D eigenvalue weighted by atomic mass is 19.3. The smallest absolute Gasteiger partial charge is 0.387 e. The summed E-state index contributed by atoms with van der Waals surface area (Å²) in [5, 5.41) is 2.79. The molecule has 0 spiro atoms. The summed E-state index contributed by atoms with van der Waals surface area (Å²) in [6.07, 6.45) is 7.25. The molecule has 5 fully saturated rings. The van der Waals surface area contributed by atoms with Gasteiger partial charge in [-0.3, -0.25) is 14.5 Å². The third-order valence-corrected chi connectivity index (χ3v) is 7.88. The molecule has 6 rings (SSSR count). The van der Waals surface area contributed by atoms with Crippen molar-refractivity contribution < 1.29 is 23.1 Å². The molecule has 6 nitrogen and oxygen atoms in total. The van der Waals surface area contributed by atoms with Gasteiger partial charge in [0.2, 0.25) is 11.8 Å². The molecule has 5 aliphatic rings. The van der Waals surface area contributed by atoms with Gasteiger partial charge in [0.05, 0.1) is 12.0 Å². The molecule has 1 saturated heterocycles. The van der Waals surface area contributed by atoms with E-state index in [0.717, 1.165) is 37.0 Å². The lowest BCUT2D eigenvalue weighted by atomic mass is 9.49. The third-order valence-electron chi connectivity index (χ3n) is 7.88. The molecule has 1 aliphatic heterocycles. The van der Waals surface area contributed by atoms with Gasteiger partial charge in [-0.1, -0.05) is 0 Å². The minimum Gasteiger partial charge on any atom is -0.435 e. The second-order valence-corrected chi connectivity index (χ2v) is 10.2. The van der Waals surface area contributed by atoms with E-state index in [1.165, 1.54) is 43.5 Å². The van der Waals surface area contributed by atoms with Gasteiger partial charge < -0.3 is 15.0 Å². The number of anilines is 1. The number of halogens is 2. The summed E-state index contributed by atoms with van der Waals surface area (Å²) in [6.45, 7) is 0.0960. The molecule has 1 aromatic rings. The van der Waals surface area contributed by atoms with E-state index in [0.29, 0.717) is 37.8 Å². The Morgan fingerprint density at radius 3 is 2.06 bits per heavy atom. The van der Waals surface area contributed by atoms with Crippen LogP contribution in [-0.4, -0.2) is 60.9 Å². The topological polar surface area (TPSA) is 61.9 Å². The summed E-state index contributed by atoms with van der Waals surface area (Å²) in [5.74, 6) is 2.53. The Labute approximate surface area is 187 Å². The maximum absolute atomic E-state index is 13.5. The van der Waals surface area contributed by atoms with Crippen LogP contribution in [0.3, 0.4) is 0 Å². The van der Waals surface area contributed by atoms with E-state index in [1.807, 2.05) is 4.90 Å². The predicted octanol–water partition coefficient (Wildman–Crippen LogP) is 3.59. The fraction of sp³-hybridized carbons (Fsp3) is 0.667. The monoisotopic (exact) mass is 447 g/mol. The van der Waals surface area contributed by atoms with Gasteiger partial charge in [-0.15, -0.1) is 0 Å². The van der Waals surface area contributed by atoms with Crippen molar-refractivity contribution in [2.75, 3.05) is 38.0 Å². The molecule has 0 unspecified atom stereocenters. The molecule has 0 aromatic heterocycles. The van der Waals surface area contributed by atoms with E-state index in [-0.39, 0.29) is 23.6 Å². The van der Waals surface area contributed by atoms with Crippen LogP contribution in [0.1, 0.15) is 38.5 Å². The molecule has 32 heavy (non-hydrogen) atoms. The fourth-order valence-electron chi connectivity index (χ4n) is 6.94. The average Bonchev–Trinajstić information content (AvgIpc) is 2.74. The number of hydrogen-bond acceptors (Lipinski definition) is 4. The number of hydrogen-bond donors (Lipinski definition) is 1. The number of amides is 2. The van der Waals surface area contributed by atoms with Crippen molar-refractivity contribution >= 4 is 17.5 Å². The maximum atomic E-state index is 13.5. The Bertz CT molecular complexity index is 817.